The Morgan fingerprint density at radius 1 is 0.483 bits per heavy atom. The van der Waals surface area contributed by atoms with Gasteiger partial charge in [0.2, 0.25) is 0 Å². The molecule has 6 aromatic rings. The molecule has 0 bridgehead atoms. The molecule has 6 aromatic carbocycles. The lowest BCUT2D eigenvalue weighted by atomic mass is 9.96. The molecule has 0 aliphatic rings. The molecular formula is C26H15BrO2. The minimum Gasteiger partial charge on any atom is -0.504 e. The van der Waals surface area contributed by atoms with Crippen molar-refractivity contribution < 1.29 is 10.2 Å². The van der Waals surface area contributed by atoms with E-state index in [4.69, 9.17) is 0 Å². The average molecular weight is 439 g/mol. The van der Waals surface area contributed by atoms with Crippen LogP contribution in [0, 0.1) is 0 Å². The van der Waals surface area contributed by atoms with Gasteiger partial charge in [-0.05, 0) is 119 Å². The summed E-state index contributed by atoms with van der Waals surface area (Å²) in [6.07, 6.45) is 0. The number of halogens is 1. The summed E-state index contributed by atoms with van der Waals surface area (Å²) in [4.78, 5) is 0. The third-order valence-corrected chi connectivity index (χ3v) is 6.57. The second-order valence-corrected chi connectivity index (χ2v) is 8.37. The number of phenolic OH excluding ortho intramolecular Hbond substituents is 2. The number of aromatic hydroxyl groups is 2. The summed E-state index contributed by atoms with van der Waals surface area (Å²) in [7, 11) is 0. The normalized spacial score (nSPS) is 11.9. The van der Waals surface area contributed by atoms with Gasteiger partial charge in [-0.3, -0.25) is 0 Å². The minimum absolute atomic E-state index is 0.123. The first-order chi connectivity index (χ1) is 14.1. The third-order valence-electron chi connectivity index (χ3n) is 5.76. The molecule has 0 aromatic heterocycles. The van der Waals surface area contributed by atoms with Crippen molar-refractivity contribution >= 4 is 69.8 Å². The Kier molecular flexibility index (Phi) is 3.36. The summed E-state index contributed by atoms with van der Waals surface area (Å²) >= 11 is 3.41. The maximum atomic E-state index is 10.1. The zero-order chi connectivity index (χ0) is 19.7. The van der Waals surface area contributed by atoms with Gasteiger partial charge in [0.15, 0.2) is 11.5 Å². The highest BCUT2D eigenvalue weighted by atomic mass is 79.9. The number of benzene rings is 6. The van der Waals surface area contributed by atoms with Crippen LogP contribution in [0.3, 0.4) is 0 Å². The molecule has 0 amide bonds. The van der Waals surface area contributed by atoms with Crippen LogP contribution in [-0.4, -0.2) is 10.2 Å². The Balaban J connectivity index is 1.70. The Morgan fingerprint density at radius 2 is 0.897 bits per heavy atom. The molecule has 0 saturated carbocycles. The van der Waals surface area contributed by atoms with E-state index in [2.05, 4.69) is 88.7 Å². The standard InChI is InChI=1S/C26H15BrO2/c27-25-23-12-21-10-19-8-17-6-15-4-2-1-3-14(15)5-16(17)7-18(19)9-20(21)11-22(23)13-24(28)26(25)29/h1-13,28-29H. The van der Waals surface area contributed by atoms with Crippen molar-refractivity contribution in [2.45, 2.75) is 0 Å². The lowest BCUT2D eigenvalue weighted by molar-refractivity contribution is 0.403. The molecule has 0 fully saturated rings. The molecule has 6 rings (SSSR count). The van der Waals surface area contributed by atoms with Crippen molar-refractivity contribution in [2.75, 3.05) is 0 Å². The number of rotatable bonds is 0. The highest BCUT2D eigenvalue weighted by molar-refractivity contribution is 9.10. The fraction of sp³-hybridized carbons (Fsp3) is 0. The van der Waals surface area contributed by atoms with Crippen LogP contribution < -0.4 is 0 Å². The number of hydrogen-bond donors (Lipinski definition) is 2. The second-order valence-electron chi connectivity index (χ2n) is 7.58. The van der Waals surface area contributed by atoms with Crippen LogP contribution in [-0.2, 0) is 0 Å². The van der Waals surface area contributed by atoms with Gasteiger partial charge in [0, 0.05) is 5.39 Å². The molecule has 0 atom stereocenters. The molecule has 138 valence electrons. The Bertz CT molecular complexity index is 1630. The number of hydrogen-bond acceptors (Lipinski definition) is 2. The van der Waals surface area contributed by atoms with Crippen LogP contribution in [0.15, 0.2) is 83.3 Å². The van der Waals surface area contributed by atoms with E-state index in [-0.39, 0.29) is 11.5 Å². The molecule has 0 radical (unpaired) electrons. The molecule has 0 spiro atoms. The van der Waals surface area contributed by atoms with E-state index in [1.54, 1.807) is 6.07 Å². The van der Waals surface area contributed by atoms with Crippen LogP contribution in [0.5, 0.6) is 11.5 Å². The van der Waals surface area contributed by atoms with Gasteiger partial charge in [0.05, 0.1) is 4.47 Å². The van der Waals surface area contributed by atoms with Crippen LogP contribution >= 0.6 is 15.9 Å². The molecule has 0 heterocycles. The Labute approximate surface area is 174 Å². The smallest absolute Gasteiger partial charge is 0.172 e. The van der Waals surface area contributed by atoms with Crippen molar-refractivity contribution in [3.8, 4) is 11.5 Å². The van der Waals surface area contributed by atoms with Gasteiger partial charge < -0.3 is 10.2 Å². The van der Waals surface area contributed by atoms with Crippen LogP contribution in [0.25, 0.3) is 53.9 Å². The van der Waals surface area contributed by atoms with Gasteiger partial charge in [0.25, 0.3) is 0 Å². The first-order valence-electron chi connectivity index (χ1n) is 9.41. The van der Waals surface area contributed by atoms with Gasteiger partial charge in [-0.1, -0.05) is 24.3 Å². The number of phenols is 2. The van der Waals surface area contributed by atoms with Crippen LogP contribution in [0.1, 0.15) is 0 Å². The largest absolute Gasteiger partial charge is 0.504 e. The number of fused-ring (bicyclic) bond motifs is 5. The van der Waals surface area contributed by atoms with Crippen molar-refractivity contribution in [1.82, 2.24) is 0 Å². The maximum Gasteiger partial charge on any atom is 0.172 e. The van der Waals surface area contributed by atoms with Gasteiger partial charge in [-0.25, -0.2) is 0 Å². The molecule has 0 saturated heterocycles. The molecule has 3 heteroatoms. The van der Waals surface area contributed by atoms with Gasteiger partial charge in [-0.15, -0.1) is 0 Å². The Hall–Kier alpha value is -3.30. The SMILES string of the molecule is Oc1cc2cc3cc4cc5cc6ccccc6cc5cc4cc3cc2c(Br)c1O. The van der Waals surface area contributed by atoms with Crippen LogP contribution in [0.4, 0.5) is 0 Å². The molecule has 2 N–H and O–H groups in total. The third kappa shape index (κ3) is 2.48. The van der Waals surface area contributed by atoms with E-state index in [1.807, 2.05) is 0 Å². The van der Waals surface area contributed by atoms with E-state index >= 15 is 0 Å². The first-order valence-corrected chi connectivity index (χ1v) is 10.2. The Morgan fingerprint density at radius 3 is 1.41 bits per heavy atom. The fourth-order valence-electron chi connectivity index (χ4n) is 4.28. The average Bonchev–Trinajstić information content (AvgIpc) is 2.72. The molecule has 2 nitrogen and oxygen atoms in total. The van der Waals surface area contributed by atoms with Gasteiger partial charge in [-0.2, -0.15) is 0 Å². The quantitative estimate of drug-likeness (QED) is 0.189. The topological polar surface area (TPSA) is 40.5 Å². The maximum absolute atomic E-state index is 10.1. The van der Waals surface area contributed by atoms with E-state index in [0.717, 1.165) is 21.5 Å². The summed E-state index contributed by atoms with van der Waals surface area (Å²) in [5.74, 6) is -0.252. The molecule has 0 aliphatic heterocycles. The van der Waals surface area contributed by atoms with E-state index < -0.39 is 0 Å². The van der Waals surface area contributed by atoms with Crippen molar-refractivity contribution in [1.29, 1.82) is 0 Å². The van der Waals surface area contributed by atoms with Gasteiger partial charge in [0.1, 0.15) is 0 Å². The molecule has 29 heavy (non-hydrogen) atoms. The first kappa shape index (κ1) is 16.6. The predicted molar refractivity (Wildman–Crippen MR) is 125 cm³/mol. The summed E-state index contributed by atoms with van der Waals surface area (Å²) < 4.78 is 0.513. The van der Waals surface area contributed by atoms with Gasteiger partial charge >= 0.3 is 0 Å². The molecular weight excluding hydrogens is 424 g/mol. The predicted octanol–water partition coefficient (Wildman–Crippen LogP) is 7.63. The zero-order valence-electron chi connectivity index (χ0n) is 15.3. The van der Waals surface area contributed by atoms with E-state index in [9.17, 15) is 10.2 Å². The minimum atomic E-state index is -0.129. The monoisotopic (exact) mass is 438 g/mol. The molecule has 0 unspecified atom stereocenters. The highest BCUT2D eigenvalue weighted by Gasteiger charge is 2.11. The summed E-state index contributed by atoms with van der Waals surface area (Å²) in [6, 6.07) is 27.5. The summed E-state index contributed by atoms with van der Waals surface area (Å²) in [6.45, 7) is 0. The lowest BCUT2D eigenvalue weighted by Crippen LogP contribution is -1.83. The summed E-state index contributed by atoms with van der Waals surface area (Å²) in [5, 5.41) is 31.3. The second kappa shape index (κ2) is 5.85. The van der Waals surface area contributed by atoms with Crippen molar-refractivity contribution in [3.63, 3.8) is 0 Å². The van der Waals surface area contributed by atoms with E-state index in [0.29, 0.717) is 4.47 Å². The van der Waals surface area contributed by atoms with Crippen molar-refractivity contribution in [3.05, 3.63) is 83.3 Å². The zero-order valence-corrected chi connectivity index (χ0v) is 16.9. The summed E-state index contributed by atoms with van der Waals surface area (Å²) in [5.41, 5.74) is 0. The van der Waals surface area contributed by atoms with Crippen molar-refractivity contribution in [2.24, 2.45) is 0 Å². The fourth-order valence-corrected chi connectivity index (χ4v) is 4.82. The van der Waals surface area contributed by atoms with E-state index in [1.165, 1.54) is 32.3 Å². The lowest BCUT2D eigenvalue weighted by Gasteiger charge is -2.10. The molecule has 0 aliphatic carbocycles. The van der Waals surface area contributed by atoms with Crippen LogP contribution in [0.2, 0.25) is 0 Å². The highest BCUT2D eigenvalue weighted by Crippen LogP contribution is 2.41.